The molecule has 0 saturated carbocycles. The first-order chi connectivity index (χ1) is 9.99. The Hall–Kier alpha value is -1.90. The molecule has 5 heteroatoms. The second-order valence-corrected chi connectivity index (χ2v) is 5.52. The summed E-state index contributed by atoms with van der Waals surface area (Å²) < 4.78 is 19.8. The maximum absolute atomic E-state index is 13.4. The lowest BCUT2D eigenvalue weighted by Gasteiger charge is -2.14. The SMILES string of the molecule is CC(O)c1ccc(Br)cc1OCc1cc(F)cc(C#N)c1. The number of hydrogen-bond acceptors (Lipinski definition) is 3. The zero-order valence-corrected chi connectivity index (χ0v) is 12.9. The minimum absolute atomic E-state index is 0.114. The first-order valence-corrected chi connectivity index (χ1v) is 7.09. The fourth-order valence-corrected chi connectivity index (χ4v) is 2.28. The molecule has 0 saturated heterocycles. The van der Waals surface area contributed by atoms with E-state index in [-0.39, 0.29) is 12.2 Å². The molecule has 1 N–H and O–H groups in total. The van der Waals surface area contributed by atoms with E-state index in [1.54, 1.807) is 25.1 Å². The second-order valence-electron chi connectivity index (χ2n) is 4.61. The average molecular weight is 350 g/mol. The molecule has 0 aliphatic heterocycles. The molecule has 3 nitrogen and oxygen atoms in total. The smallest absolute Gasteiger partial charge is 0.126 e. The third-order valence-corrected chi connectivity index (χ3v) is 3.40. The van der Waals surface area contributed by atoms with E-state index in [9.17, 15) is 9.50 Å². The van der Waals surface area contributed by atoms with Crippen molar-refractivity contribution < 1.29 is 14.2 Å². The molecule has 0 amide bonds. The highest BCUT2D eigenvalue weighted by Gasteiger charge is 2.10. The Balaban J connectivity index is 2.22. The van der Waals surface area contributed by atoms with Gasteiger partial charge in [0.25, 0.3) is 0 Å². The van der Waals surface area contributed by atoms with E-state index in [0.29, 0.717) is 16.9 Å². The Kier molecular flexibility index (Phi) is 4.94. The van der Waals surface area contributed by atoms with Gasteiger partial charge in [-0.25, -0.2) is 4.39 Å². The van der Waals surface area contributed by atoms with E-state index in [1.165, 1.54) is 12.1 Å². The molecule has 108 valence electrons. The van der Waals surface area contributed by atoms with Crippen LogP contribution in [0.1, 0.15) is 29.7 Å². The van der Waals surface area contributed by atoms with Crippen molar-refractivity contribution in [2.45, 2.75) is 19.6 Å². The van der Waals surface area contributed by atoms with Crippen molar-refractivity contribution in [1.82, 2.24) is 0 Å². The summed E-state index contributed by atoms with van der Waals surface area (Å²) in [6, 6.07) is 11.3. The van der Waals surface area contributed by atoms with E-state index >= 15 is 0 Å². The normalized spacial score (nSPS) is 11.8. The van der Waals surface area contributed by atoms with Crippen LogP contribution in [0.5, 0.6) is 5.75 Å². The van der Waals surface area contributed by atoms with Gasteiger partial charge in [-0.2, -0.15) is 5.26 Å². The van der Waals surface area contributed by atoms with Gasteiger partial charge in [0.05, 0.1) is 17.7 Å². The predicted molar refractivity (Wildman–Crippen MR) is 80.2 cm³/mol. The number of aliphatic hydroxyl groups excluding tert-OH is 1. The molecule has 2 rings (SSSR count). The van der Waals surface area contributed by atoms with Gasteiger partial charge < -0.3 is 9.84 Å². The number of benzene rings is 2. The molecule has 0 aliphatic carbocycles. The summed E-state index contributed by atoms with van der Waals surface area (Å²) >= 11 is 3.34. The number of ether oxygens (including phenoxy) is 1. The number of aliphatic hydroxyl groups is 1. The molecule has 21 heavy (non-hydrogen) atoms. The molecule has 1 unspecified atom stereocenters. The van der Waals surface area contributed by atoms with Crippen molar-refractivity contribution in [3.8, 4) is 11.8 Å². The second kappa shape index (κ2) is 6.70. The van der Waals surface area contributed by atoms with Gasteiger partial charge in [-0.05, 0) is 42.8 Å². The summed E-state index contributed by atoms with van der Waals surface area (Å²) in [5.41, 5.74) is 1.46. The number of halogens is 2. The van der Waals surface area contributed by atoms with Crippen LogP contribution in [0.4, 0.5) is 4.39 Å². The summed E-state index contributed by atoms with van der Waals surface area (Å²) in [6.45, 7) is 1.76. The minimum Gasteiger partial charge on any atom is -0.488 e. The topological polar surface area (TPSA) is 53.2 Å². The number of nitrogens with zero attached hydrogens (tertiary/aromatic N) is 1. The van der Waals surface area contributed by atoms with Crippen LogP contribution in [0, 0.1) is 17.1 Å². The Bertz CT molecular complexity index is 695. The summed E-state index contributed by atoms with van der Waals surface area (Å²) in [7, 11) is 0. The van der Waals surface area contributed by atoms with Crippen LogP contribution in [0.3, 0.4) is 0 Å². The zero-order valence-electron chi connectivity index (χ0n) is 11.3. The van der Waals surface area contributed by atoms with Gasteiger partial charge in [0.1, 0.15) is 18.2 Å². The van der Waals surface area contributed by atoms with Crippen molar-refractivity contribution in [2.24, 2.45) is 0 Å². The molecule has 0 bridgehead atoms. The quantitative estimate of drug-likeness (QED) is 0.904. The third kappa shape index (κ3) is 4.03. The predicted octanol–water partition coefficient (Wildman–Crippen LogP) is 4.09. The van der Waals surface area contributed by atoms with E-state index in [4.69, 9.17) is 10.00 Å². The molecule has 1 atom stereocenters. The summed E-state index contributed by atoms with van der Waals surface area (Å²) in [5.74, 6) is 0.0415. The van der Waals surface area contributed by atoms with Gasteiger partial charge in [-0.15, -0.1) is 0 Å². The molecular weight excluding hydrogens is 337 g/mol. The van der Waals surface area contributed by atoms with Crippen LogP contribution in [0.15, 0.2) is 40.9 Å². The van der Waals surface area contributed by atoms with Gasteiger partial charge in [-0.1, -0.05) is 22.0 Å². The molecule has 0 aromatic heterocycles. The highest BCUT2D eigenvalue weighted by atomic mass is 79.9. The lowest BCUT2D eigenvalue weighted by Crippen LogP contribution is -2.02. The molecule has 2 aromatic rings. The molecule has 0 spiro atoms. The maximum atomic E-state index is 13.4. The third-order valence-electron chi connectivity index (χ3n) is 2.91. The fourth-order valence-electron chi connectivity index (χ4n) is 1.94. The highest BCUT2D eigenvalue weighted by Crippen LogP contribution is 2.29. The van der Waals surface area contributed by atoms with Crippen LogP contribution < -0.4 is 4.74 Å². The van der Waals surface area contributed by atoms with Crippen LogP contribution in [-0.4, -0.2) is 5.11 Å². The lowest BCUT2D eigenvalue weighted by molar-refractivity contribution is 0.190. The van der Waals surface area contributed by atoms with E-state index in [2.05, 4.69) is 15.9 Å². The molecule has 0 radical (unpaired) electrons. The first-order valence-electron chi connectivity index (χ1n) is 6.29. The molecule has 2 aromatic carbocycles. The van der Waals surface area contributed by atoms with Crippen molar-refractivity contribution in [2.75, 3.05) is 0 Å². The molecule has 0 fully saturated rings. The van der Waals surface area contributed by atoms with Crippen molar-refractivity contribution >= 4 is 15.9 Å². The standard InChI is InChI=1S/C16H13BrFNO2/c1-10(20)15-3-2-13(17)7-16(15)21-9-12-4-11(8-19)5-14(18)6-12/h2-7,10,20H,9H2,1H3. The minimum atomic E-state index is -0.671. The first kappa shape index (κ1) is 15.5. The van der Waals surface area contributed by atoms with Crippen molar-refractivity contribution in [3.63, 3.8) is 0 Å². The van der Waals surface area contributed by atoms with E-state index < -0.39 is 11.9 Å². The van der Waals surface area contributed by atoms with Gasteiger partial charge in [0.2, 0.25) is 0 Å². The van der Waals surface area contributed by atoms with Gasteiger partial charge >= 0.3 is 0 Å². The Morgan fingerprint density at radius 2 is 2.10 bits per heavy atom. The summed E-state index contributed by atoms with van der Waals surface area (Å²) in [5, 5.41) is 18.5. The molecule has 0 heterocycles. The van der Waals surface area contributed by atoms with Gasteiger partial charge in [-0.3, -0.25) is 0 Å². The van der Waals surface area contributed by atoms with Crippen LogP contribution in [0.2, 0.25) is 0 Å². The fraction of sp³-hybridized carbons (Fsp3) is 0.188. The number of hydrogen-bond donors (Lipinski definition) is 1. The lowest BCUT2D eigenvalue weighted by atomic mass is 10.1. The van der Waals surface area contributed by atoms with Gasteiger partial charge in [0.15, 0.2) is 0 Å². The maximum Gasteiger partial charge on any atom is 0.126 e. The highest BCUT2D eigenvalue weighted by molar-refractivity contribution is 9.10. The Morgan fingerprint density at radius 1 is 1.33 bits per heavy atom. The Labute approximate surface area is 130 Å². The van der Waals surface area contributed by atoms with Crippen LogP contribution >= 0.6 is 15.9 Å². The summed E-state index contributed by atoms with van der Waals surface area (Å²) in [4.78, 5) is 0. The van der Waals surface area contributed by atoms with Crippen molar-refractivity contribution in [3.05, 3.63) is 63.4 Å². The van der Waals surface area contributed by atoms with Gasteiger partial charge in [0, 0.05) is 10.0 Å². The van der Waals surface area contributed by atoms with E-state index in [1.807, 2.05) is 12.1 Å². The van der Waals surface area contributed by atoms with Crippen molar-refractivity contribution in [1.29, 1.82) is 5.26 Å². The monoisotopic (exact) mass is 349 g/mol. The zero-order chi connectivity index (χ0) is 15.4. The number of rotatable bonds is 4. The Morgan fingerprint density at radius 3 is 2.76 bits per heavy atom. The number of nitriles is 1. The molecular formula is C16H13BrFNO2. The van der Waals surface area contributed by atoms with Crippen LogP contribution in [-0.2, 0) is 6.61 Å². The summed E-state index contributed by atoms with van der Waals surface area (Å²) in [6.07, 6.45) is -0.671. The average Bonchev–Trinajstić information content (AvgIpc) is 2.44. The molecule has 0 aliphatic rings. The van der Waals surface area contributed by atoms with Crippen LogP contribution in [0.25, 0.3) is 0 Å². The van der Waals surface area contributed by atoms with E-state index in [0.717, 1.165) is 4.47 Å². The largest absolute Gasteiger partial charge is 0.488 e.